The van der Waals surface area contributed by atoms with Gasteiger partial charge < -0.3 is 9.84 Å². The Morgan fingerprint density at radius 3 is 2.28 bits per heavy atom. The predicted octanol–water partition coefficient (Wildman–Crippen LogP) is 3.65. The van der Waals surface area contributed by atoms with Crippen LogP contribution < -0.4 is 4.74 Å². The van der Waals surface area contributed by atoms with Gasteiger partial charge in [-0.1, -0.05) is 0 Å². The number of aliphatic hydroxyl groups excluding tert-OH is 1. The Balaban J connectivity index is 2.08. The van der Waals surface area contributed by atoms with Gasteiger partial charge in [-0.3, -0.25) is 4.98 Å². The Bertz CT molecular complexity index is 494. The number of thioether (sulfide) groups is 1. The molecule has 2 aromatic rings. The van der Waals surface area contributed by atoms with Crippen LogP contribution in [0.4, 0.5) is 0 Å². The summed E-state index contributed by atoms with van der Waals surface area (Å²) in [4.78, 5) is 5.33. The summed E-state index contributed by atoms with van der Waals surface area (Å²) in [6.45, 7) is 1.68. The monoisotopic (exact) mass is 261 g/mol. The van der Waals surface area contributed by atoms with Crippen molar-refractivity contribution in [3.8, 4) is 11.5 Å². The number of pyridine rings is 1. The lowest BCUT2D eigenvalue weighted by Gasteiger charge is -2.07. The van der Waals surface area contributed by atoms with Crippen molar-refractivity contribution in [1.29, 1.82) is 0 Å². The molecular weight excluding hydrogens is 246 g/mol. The van der Waals surface area contributed by atoms with Crippen molar-refractivity contribution in [2.24, 2.45) is 0 Å². The van der Waals surface area contributed by atoms with Crippen molar-refractivity contribution in [2.75, 3.05) is 6.26 Å². The SMILES string of the molecule is CSc1ccc(Oc2ccc(C(C)O)nc2)cc1. The highest BCUT2D eigenvalue weighted by atomic mass is 32.2. The van der Waals surface area contributed by atoms with Crippen molar-refractivity contribution >= 4 is 11.8 Å². The summed E-state index contributed by atoms with van der Waals surface area (Å²) < 4.78 is 5.66. The topological polar surface area (TPSA) is 42.4 Å². The maximum Gasteiger partial charge on any atom is 0.145 e. The van der Waals surface area contributed by atoms with Crippen molar-refractivity contribution < 1.29 is 9.84 Å². The quantitative estimate of drug-likeness (QED) is 0.853. The van der Waals surface area contributed by atoms with E-state index in [2.05, 4.69) is 4.98 Å². The Kier molecular flexibility index (Phi) is 4.23. The molecule has 0 aliphatic rings. The molecule has 0 spiro atoms. The maximum absolute atomic E-state index is 9.36. The molecule has 1 N–H and O–H groups in total. The highest BCUT2D eigenvalue weighted by Gasteiger charge is 2.03. The van der Waals surface area contributed by atoms with Gasteiger partial charge in [0.05, 0.1) is 18.0 Å². The van der Waals surface area contributed by atoms with Gasteiger partial charge in [-0.2, -0.15) is 0 Å². The molecule has 0 amide bonds. The van der Waals surface area contributed by atoms with Crippen LogP contribution in [0.3, 0.4) is 0 Å². The van der Waals surface area contributed by atoms with Crippen LogP contribution in [0.1, 0.15) is 18.7 Å². The molecule has 0 aliphatic heterocycles. The van der Waals surface area contributed by atoms with E-state index in [9.17, 15) is 5.11 Å². The summed E-state index contributed by atoms with van der Waals surface area (Å²) in [5, 5.41) is 9.36. The second kappa shape index (κ2) is 5.89. The van der Waals surface area contributed by atoms with Gasteiger partial charge in [0.15, 0.2) is 0 Å². The van der Waals surface area contributed by atoms with E-state index in [-0.39, 0.29) is 0 Å². The molecule has 0 aliphatic carbocycles. The first-order chi connectivity index (χ1) is 8.69. The number of rotatable bonds is 4. The normalized spacial score (nSPS) is 12.2. The summed E-state index contributed by atoms with van der Waals surface area (Å²) in [7, 11) is 0. The van der Waals surface area contributed by atoms with E-state index in [0.717, 1.165) is 5.75 Å². The predicted molar refractivity (Wildman–Crippen MR) is 73.2 cm³/mol. The van der Waals surface area contributed by atoms with Crippen LogP contribution in [0.2, 0.25) is 0 Å². The molecule has 1 unspecified atom stereocenters. The molecule has 1 aromatic heterocycles. The van der Waals surface area contributed by atoms with Gasteiger partial charge in [0.25, 0.3) is 0 Å². The average molecular weight is 261 g/mol. The molecule has 0 saturated heterocycles. The van der Waals surface area contributed by atoms with Crippen molar-refractivity contribution in [1.82, 2.24) is 4.98 Å². The average Bonchev–Trinajstić information content (AvgIpc) is 2.40. The molecule has 4 heteroatoms. The minimum Gasteiger partial charge on any atom is -0.456 e. The van der Waals surface area contributed by atoms with E-state index < -0.39 is 6.10 Å². The summed E-state index contributed by atoms with van der Waals surface area (Å²) in [5.74, 6) is 1.44. The second-order valence-corrected chi connectivity index (χ2v) is 4.75. The summed E-state index contributed by atoms with van der Waals surface area (Å²) in [6, 6.07) is 11.4. The number of nitrogens with zero attached hydrogens (tertiary/aromatic N) is 1. The number of aromatic nitrogens is 1. The van der Waals surface area contributed by atoms with Crippen molar-refractivity contribution in [3.63, 3.8) is 0 Å². The third-order valence-electron chi connectivity index (χ3n) is 2.48. The van der Waals surface area contributed by atoms with Gasteiger partial charge in [-0.25, -0.2) is 0 Å². The smallest absolute Gasteiger partial charge is 0.145 e. The van der Waals surface area contributed by atoms with E-state index in [0.29, 0.717) is 11.4 Å². The molecule has 1 heterocycles. The first kappa shape index (κ1) is 12.9. The fraction of sp³-hybridized carbons (Fsp3) is 0.214. The lowest BCUT2D eigenvalue weighted by Crippen LogP contribution is -1.95. The molecule has 0 saturated carbocycles. The summed E-state index contributed by atoms with van der Waals surface area (Å²) >= 11 is 1.69. The Hall–Kier alpha value is -1.52. The van der Waals surface area contributed by atoms with Gasteiger partial charge in [0.2, 0.25) is 0 Å². The van der Waals surface area contributed by atoms with Crippen LogP contribution in [-0.2, 0) is 0 Å². The van der Waals surface area contributed by atoms with Crippen LogP contribution in [0.25, 0.3) is 0 Å². The number of aliphatic hydroxyl groups is 1. The number of ether oxygens (including phenoxy) is 1. The highest BCUT2D eigenvalue weighted by Crippen LogP contribution is 2.24. The standard InChI is InChI=1S/C14H15NO2S/c1-10(16)14-8-5-12(9-15-14)17-11-3-6-13(18-2)7-4-11/h3-10,16H,1-2H3. The van der Waals surface area contributed by atoms with Crippen LogP contribution in [0.5, 0.6) is 11.5 Å². The van der Waals surface area contributed by atoms with E-state index in [1.807, 2.05) is 30.5 Å². The van der Waals surface area contributed by atoms with Crippen LogP contribution >= 0.6 is 11.8 Å². The minimum absolute atomic E-state index is 0.556. The molecule has 94 valence electrons. The Labute approximate surface area is 111 Å². The van der Waals surface area contributed by atoms with Crippen molar-refractivity contribution in [2.45, 2.75) is 17.9 Å². The van der Waals surface area contributed by atoms with Gasteiger partial charge in [0, 0.05) is 4.90 Å². The molecular formula is C14H15NO2S. The Morgan fingerprint density at radius 2 is 1.78 bits per heavy atom. The van der Waals surface area contributed by atoms with E-state index in [4.69, 9.17) is 4.74 Å². The highest BCUT2D eigenvalue weighted by molar-refractivity contribution is 7.98. The summed E-state index contributed by atoms with van der Waals surface area (Å²) in [6.07, 6.45) is 3.10. The molecule has 2 rings (SSSR count). The molecule has 0 radical (unpaired) electrons. The first-order valence-corrected chi connectivity index (χ1v) is 6.87. The Morgan fingerprint density at radius 1 is 1.11 bits per heavy atom. The van der Waals surface area contributed by atoms with Gasteiger partial charge in [-0.15, -0.1) is 11.8 Å². The zero-order valence-electron chi connectivity index (χ0n) is 10.3. The first-order valence-electron chi connectivity index (χ1n) is 5.65. The van der Waals surface area contributed by atoms with Crippen LogP contribution in [0.15, 0.2) is 47.5 Å². The minimum atomic E-state index is -0.556. The number of benzene rings is 1. The zero-order valence-corrected chi connectivity index (χ0v) is 11.1. The lowest BCUT2D eigenvalue weighted by molar-refractivity contribution is 0.194. The van der Waals surface area contributed by atoms with Gasteiger partial charge in [-0.05, 0) is 49.6 Å². The van der Waals surface area contributed by atoms with E-state index >= 15 is 0 Å². The molecule has 0 bridgehead atoms. The summed E-state index contributed by atoms with van der Waals surface area (Å²) in [5.41, 5.74) is 0.639. The van der Waals surface area contributed by atoms with Crippen LogP contribution in [-0.4, -0.2) is 16.3 Å². The fourth-order valence-electron chi connectivity index (χ4n) is 1.48. The van der Waals surface area contributed by atoms with Gasteiger partial charge in [0.1, 0.15) is 11.5 Å². The van der Waals surface area contributed by atoms with Crippen molar-refractivity contribution in [3.05, 3.63) is 48.3 Å². The zero-order chi connectivity index (χ0) is 13.0. The van der Waals surface area contributed by atoms with E-state index in [1.165, 1.54) is 4.90 Å². The van der Waals surface area contributed by atoms with Gasteiger partial charge >= 0.3 is 0 Å². The largest absolute Gasteiger partial charge is 0.456 e. The van der Waals surface area contributed by atoms with Crippen LogP contribution in [0, 0.1) is 0 Å². The molecule has 3 nitrogen and oxygen atoms in total. The number of hydrogen-bond acceptors (Lipinski definition) is 4. The second-order valence-electron chi connectivity index (χ2n) is 3.87. The molecule has 1 aromatic carbocycles. The third kappa shape index (κ3) is 3.24. The molecule has 1 atom stereocenters. The number of hydrogen-bond donors (Lipinski definition) is 1. The molecule has 0 fully saturated rings. The van der Waals surface area contributed by atoms with E-state index in [1.54, 1.807) is 37.0 Å². The molecule has 18 heavy (non-hydrogen) atoms. The third-order valence-corrected chi connectivity index (χ3v) is 3.23. The fourth-order valence-corrected chi connectivity index (χ4v) is 1.89. The lowest BCUT2D eigenvalue weighted by atomic mass is 10.2. The maximum atomic E-state index is 9.36.